The zero-order chi connectivity index (χ0) is 36.1. The maximum Gasteiger partial charge on any atom is 0.220 e. The molecule has 16 atom stereocenters. The number of hydrogen-bond acceptors (Lipinski definition) is 4. The quantitative estimate of drug-likeness (QED) is 0.288. The van der Waals surface area contributed by atoms with E-state index in [2.05, 4.69) is 83.4 Å². The van der Waals surface area contributed by atoms with Crippen LogP contribution < -0.4 is 15.4 Å². The Morgan fingerprint density at radius 1 is 0.667 bits per heavy atom. The van der Waals surface area contributed by atoms with Gasteiger partial charge in [-0.25, -0.2) is 0 Å². The van der Waals surface area contributed by atoms with Gasteiger partial charge in [0.2, 0.25) is 11.8 Å². The minimum Gasteiger partial charge on any atom is -0.490 e. The monoisotopic (exact) mass is 701 g/mol. The number of piperidine rings is 2. The van der Waals surface area contributed by atoms with Crippen molar-refractivity contribution in [2.24, 2.45) is 69.0 Å². The highest BCUT2D eigenvalue weighted by Crippen LogP contribution is 2.67. The lowest BCUT2D eigenvalue weighted by Crippen LogP contribution is -2.62. The summed E-state index contributed by atoms with van der Waals surface area (Å²) in [5.41, 5.74) is 2.61. The molecule has 8 aliphatic rings. The smallest absolute Gasteiger partial charge is 0.220 e. The summed E-state index contributed by atoms with van der Waals surface area (Å²) in [6.45, 7) is 16.9. The number of hydrogen-bond donors (Lipinski definition) is 3. The zero-order valence-electron chi connectivity index (χ0n) is 32.8. The zero-order valence-corrected chi connectivity index (χ0v) is 32.8. The third kappa shape index (κ3) is 5.99. The highest BCUT2D eigenvalue weighted by molar-refractivity contribution is 5.78. The normalized spacial score (nSPS) is 51.1. The minimum absolute atomic E-state index is 0.0856. The molecule has 0 radical (unpaired) electrons. The number of aliphatic hydroxyl groups is 1. The van der Waals surface area contributed by atoms with E-state index in [-0.39, 0.29) is 28.7 Å². The lowest BCUT2D eigenvalue weighted by atomic mass is 9.45. The average molecular weight is 701 g/mol. The van der Waals surface area contributed by atoms with Gasteiger partial charge in [0.25, 0.3) is 0 Å². The molecule has 3 N–H and O–H groups in total. The Bertz CT molecular complexity index is 1500. The van der Waals surface area contributed by atoms with E-state index in [9.17, 15) is 14.7 Å². The van der Waals surface area contributed by atoms with Crippen LogP contribution in [-0.4, -0.2) is 41.2 Å². The number of amides is 2. The molecule has 0 aromatic heterocycles. The Morgan fingerprint density at radius 3 is 1.69 bits per heavy atom. The van der Waals surface area contributed by atoms with Gasteiger partial charge in [-0.3, -0.25) is 9.59 Å². The molecular formula is C45H68N2O4. The highest BCUT2D eigenvalue weighted by Gasteiger charge is 2.63. The largest absolute Gasteiger partial charge is 0.490 e. The fourth-order valence-electron chi connectivity index (χ4n) is 15.0. The first-order chi connectivity index (χ1) is 24.1. The van der Waals surface area contributed by atoms with Gasteiger partial charge >= 0.3 is 0 Å². The third-order valence-corrected chi connectivity index (χ3v) is 17.7. The molecule has 2 heterocycles. The second kappa shape index (κ2) is 12.8. The van der Waals surface area contributed by atoms with E-state index in [1.165, 1.54) is 44.1 Å². The van der Waals surface area contributed by atoms with E-state index in [4.69, 9.17) is 4.74 Å². The Morgan fingerprint density at radius 2 is 1.16 bits per heavy atom. The lowest BCUT2D eigenvalue weighted by Gasteiger charge is -2.61. The molecule has 2 saturated heterocycles. The average Bonchev–Trinajstić information content (AvgIpc) is 3.58. The van der Waals surface area contributed by atoms with Gasteiger partial charge in [0.05, 0.1) is 12.2 Å². The predicted molar refractivity (Wildman–Crippen MR) is 202 cm³/mol. The Hall–Kier alpha value is -2.08. The molecule has 0 spiro atoms. The molecule has 282 valence electrons. The van der Waals surface area contributed by atoms with Gasteiger partial charge in [-0.15, -0.1) is 0 Å². The first-order valence-corrected chi connectivity index (χ1v) is 21.1. The summed E-state index contributed by atoms with van der Waals surface area (Å²) in [5, 5.41) is 17.0. The molecule has 6 unspecified atom stereocenters. The number of rotatable bonds is 2. The van der Waals surface area contributed by atoms with E-state index >= 15 is 0 Å². The number of carbonyl (C=O) groups excluding carboxylic acids is 2. The van der Waals surface area contributed by atoms with Gasteiger partial charge in [-0.1, -0.05) is 59.2 Å². The lowest BCUT2D eigenvalue weighted by molar-refractivity contribution is -0.141. The van der Waals surface area contributed by atoms with Crippen LogP contribution in [0.3, 0.4) is 0 Å². The molecule has 9 rings (SSSR count). The Kier molecular flexibility index (Phi) is 8.99. The van der Waals surface area contributed by atoms with E-state index in [1.54, 1.807) is 0 Å². The second-order valence-corrected chi connectivity index (χ2v) is 20.7. The summed E-state index contributed by atoms with van der Waals surface area (Å²) < 4.78 is 6.49. The van der Waals surface area contributed by atoms with Crippen LogP contribution in [0.15, 0.2) is 24.3 Å². The first-order valence-electron chi connectivity index (χ1n) is 21.1. The molecule has 1 aromatic carbocycles. The van der Waals surface area contributed by atoms with Crippen molar-refractivity contribution in [1.29, 1.82) is 0 Å². The van der Waals surface area contributed by atoms with Crippen LogP contribution in [0.1, 0.15) is 137 Å². The predicted octanol–water partition coefficient (Wildman–Crippen LogP) is 8.62. The summed E-state index contributed by atoms with van der Waals surface area (Å²) in [7, 11) is 0. The van der Waals surface area contributed by atoms with E-state index in [0.717, 1.165) is 73.9 Å². The summed E-state index contributed by atoms with van der Waals surface area (Å²) >= 11 is 0. The van der Waals surface area contributed by atoms with Crippen molar-refractivity contribution in [3.63, 3.8) is 0 Å². The summed E-state index contributed by atoms with van der Waals surface area (Å²) in [6.07, 6.45) is 15.7. The van der Waals surface area contributed by atoms with Gasteiger partial charge < -0.3 is 20.5 Å². The van der Waals surface area contributed by atoms with Crippen LogP contribution in [0.5, 0.6) is 5.75 Å². The second-order valence-electron chi connectivity index (χ2n) is 20.7. The minimum atomic E-state index is -0.0856. The molecule has 8 fully saturated rings. The van der Waals surface area contributed by atoms with Crippen molar-refractivity contribution >= 4 is 11.8 Å². The molecule has 2 amide bonds. The molecule has 6 heteroatoms. The van der Waals surface area contributed by atoms with Gasteiger partial charge in [-0.2, -0.15) is 0 Å². The van der Waals surface area contributed by atoms with Crippen LogP contribution in [0, 0.1) is 75.9 Å². The van der Waals surface area contributed by atoms with Gasteiger partial charge in [0.1, 0.15) is 5.75 Å². The highest BCUT2D eigenvalue weighted by atomic mass is 16.5. The van der Waals surface area contributed by atoms with E-state index in [1.807, 2.05) is 0 Å². The molecule has 1 aromatic rings. The van der Waals surface area contributed by atoms with Crippen LogP contribution >= 0.6 is 0 Å². The number of aryl methyl sites for hydroxylation is 1. The molecule has 51 heavy (non-hydrogen) atoms. The topological polar surface area (TPSA) is 87.7 Å². The van der Waals surface area contributed by atoms with Gasteiger partial charge in [-0.05, 0) is 165 Å². The molecular weight excluding hydrogens is 633 g/mol. The molecule has 2 aliphatic heterocycles. The van der Waals surface area contributed by atoms with Gasteiger partial charge in [0, 0.05) is 24.9 Å². The maximum atomic E-state index is 12.1. The van der Waals surface area contributed by atoms with Crippen LogP contribution in [0.2, 0.25) is 0 Å². The standard InChI is InChI=1S/C26H37NO2.C19H31NO2/c1-16-5-7-18(8-6-16)29-19-14-21-24-17(2)13-22-26(4,12-10-23(28)27-22)20(24)9-11-25(21,3)15-19;1-11-8-15-19(3,7-5-16(22)20-15)13-4-6-18(2)10-12(21)9-14(18)17(11)13/h5-8,17,19-22,24H,9-15H2,1-4H3,(H,27,28);11-15,17,21H,4-10H2,1-3H3,(H,20,22)/t17-,19-,20?,21?,22+,24?,25+,26+;11-,12-,13?,14?,15+,17?,18+,19+/m00/s1. The van der Waals surface area contributed by atoms with Crippen LogP contribution in [-0.2, 0) is 9.59 Å². The molecule has 6 nitrogen and oxygen atoms in total. The number of benzene rings is 1. The van der Waals surface area contributed by atoms with Crippen molar-refractivity contribution < 1.29 is 19.4 Å². The summed E-state index contributed by atoms with van der Waals surface area (Å²) in [5.74, 6) is 7.32. The first kappa shape index (κ1) is 35.9. The van der Waals surface area contributed by atoms with E-state index < -0.39 is 0 Å². The van der Waals surface area contributed by atoms with Crippen molar-refractivity contribution in [2.45, 2.75) is 163 Å². The van der Waals surface area contributed by atoms with E-state index in [0.29, 0.717) is 59.6 Å². The third-order valence-electron chi connectivity index (χ3n) is 17.7. The number of nitrogens with one attached hydrogen (secondary N) is 2. The molecule has 0 bridgehead atoms. The maximum absolute atomic E-state index is 12.1. The fourth-order valence-corrected chi connectivity index (χ4v) is 15.0. The number of ether oxygens (including phenoxy) is 1. The van der Waals surface area contributed by atoms with Crippen molar-refractivity contribution in [1.82, 2.24) is 10.6 Å². The SMILES string of the molecule is C[C@H]1C[C@H]2NC(=O)CC[C@]2(C)C2CC[C@]3(C)C[C@@H](O)CC3C21.Cc1ccc(O[C@H]2CC3C4C(CC[C@]3(C)C2)[C@@]2(C)CCC(=O)N[C@@H]2C[C@@H]4C)cc1. The van der Waals surface area contributed by atoms with Gasteiger partial charge in [0.15, 0.2) is 0 Å². The Labute approximate surface area is 308 Å². The molecule has 6 saturated carbocycles. The van der Waals surface area contributed by atoms with Crippen molar-refractivity contribution in [3.05, 3.63) is 29.8 Å². The van der Waals surface area contributed by atoms with Crippen molar-refractivity contribution in [3.8, 4) is 5.75 Å². The molecule has 6 aliphatic carbocycles. The number of fused-ring (bicyclic) bond motifs is 10. The number of aliphatic hydroxyl groups excluding tert-OH is 1. The van der Waals surface area contributed by atoms with Crippen molar-refractivity contribution in [2.75, 3.05) is 0 Å². The summed E-state index contributed by atoms with van der Waals surface area (Å²) in [4.78, 5) is 23.9. The summed E-state index contributed by atoms with van der Waals surface area (Å²) in [6, 6.07) is 9.31. The number of carbonyl (C=O) groups is 2. The van der Waals surface area contributed by atoms with Crippen LogP contribution in [0.25, 0.3) is 0 Å². The Balaban J connectivity index is 0.000000152. The fraction of sp³-hybridized carbons (Fsp3) is 0.822. The van der Waals surface area contributed by atoms with Crippen LogP contribution in [0.4, 0.5) is 0 Å².